The number of nitrogens with one attached hydrogen (secondary N) is 2. The third-order valence-electron chi connectivity index (χ3n) is 3.24. The van der Waals surface area contributed by atoms with Crippen LogP contribution in [0, 0.1) is 5.92 Å². The Morgan fingerprint density at radius 1 is 1.10 bits per heavy atom. The Morgan fingerprint density at radius 2 is 1.70 bits per heavy atom. The van der Waals surface area contributed by atoms with Crippen molar-refractivity contribution in [3.8, 4) is 0 Å². The van der Waals surface area contributed by atoms with E-state index < -0.39 is 6.09 Å². The smallest absolute Gasteiger partial charge is 0.414 e. The van der Waals surface area contributed by atoms with Crippen molar-refractivity contribution in [2.45, 2.75) is 26.7 Å². The third kappa shape index (κ3) is 5.56. The Morgan fingerprint density at radius 3 is 2.25 bits per heavy atom. The molecule has 7 heteroatoms. The van der Waals surface area contributed by atoms with E-state index in [2.05, 4.69) is 10.1 Å². The molecule has 1 aliphatic heterocycles. The van der Waals surface area contributed by atoms with Gasteiger partial charge in [0.15, 0.2) is 6.54 Å². The van der Waals surface area contributed by atoms with Crippen LogP contribution in [0.2, 0.25) is 0 Å². The van der Waals surface area contributed by atoms with Gasteiger partial charge < -0.3 is 14.4 Å². The molecule has 2 amide bonds. The Hall–Kier alpha value is -1.63. The van der Waals surface area contributed by atoms with Gasteiger partial charge in [0.25, 0.3) is 5.91 Å². The van der Waals surface area contributed by atoms with Crippen molar-refractivity contribution in [3.63, 3.8) is 0 Å². The predicted molar refractivity (Wildman–Crippen MR) is 70.1 cm³/mol. The van der Waals surface area contributed by atoms with Crippen molar-refractivity contribution in [1.82, 2.24) is 5.32 Å². The molecule has 20 heavy (non-hydrogen) atoms. The number of hydrogen-bond donors (Lipinski definition) is 2. The summed E-state index contributed by atoms with van der Waals surface area (Å²) in [6, 6.07) is 0. The number of ether oxygens (including phenoxy) is 2. The standard InChI is InChI=1S/C13H22N2O5/c1-3-19-12(17)10-5-7-15(8-6-10)9-11(16)14-13(18)20-4-2/h10H,3-9H2,1-2H3,(H,14,16,18)/p+1. The van der Waals surface area contributed by atoms with Gasteiger partial charge in [-0.1, -0.05) is 0 Å². The number of imide groups is 1. The first-order valence-electron chi connectivity index (χ1n) is 7.03. The lowest BCUT2D eigenvalue weighted by Crippen LogP contribution is -3.14. The van der Waals surface area contributed by atoms with Crippen LogP contribution in [-0.4, -0.2) is 50.8 Å². The van der Waals surface area contributed by atoms with Crippen LogP contribution in [0.5, 0.6) is 0 Å². The van der Waals surface area contributed by atoms with E-state index in [9.17, 15) is 14.4 Å². The summed E-state index contributed by atoms with van der Waals surface area (Å²) < 4.78 is 9.62. The van der Waals surface area contributed by atoms with E-state index >= 15 is 0 Å². The average Bonchev–Trinajstić information content (AvgIpc) is 2.39. The number of amides is 2. The first-order chi connectivity index (χ1) is 9.56. The molecule has 2 N–H and O–H groups in total. The van der Waals surface area contributed by atoms with Gasteiger partial charge in [-0.25, -0.2) is 4.79 Å². The van der Waals surface area contributed by atoms with Gasteiger partial charge in [-0.15, -0.1) is 0 Å². The van der Waals surface area contributed by atoms with E-state index in [0.29, 0.717) is 19.4 Å². The van der Waals surface area contributed by atoms with Gasteiger partial charge in [0.2, 0.25) is 0 Å². The molecule has 0 radical (unpaired) electrons. The molecule has 0 aliphatic carbocycles. The predicted octanol–water partition coefficient (Wildman–Crippen LogP) is -0.883. The van der Waals surface area contributed by atoms with Crippen LogP contribution in [0.4, 0.5) is 4.79 Å². The van der Waals surface area contributed by atoms with Crippen molar-refractivity contribution in [2.24, 2.45) is 5.92 Å². The largest absolute Gasteiger partial charge is 0.466 e. The van der Waals surface area contributed by atoms with Crippen LogP contribution in [-0.2, 0) is 19.1 Å². The molecule has 7 nitrogen and oxygen atoms in total. The summed E-state index contributed by atoms with van der Waals surface area (Å²) in [5.74, 6) is -0.567. The number of hydrogen-bond acceptors (Lipinski definition) is 5. The molecule has 1 fully saturated rings. The minimum absolute atomic E-state index is 0.0631. The second-order valence-electron chi connectivity index (χ2n) is 4.72. The van der Waals surface area contributed by atoms with Gasteiger partial charge in [-0.2, -0.15) is 0 Å². The fraction of sp³-hybridized carbons (Fsp3) is 0.769. The molecule has 0 saturated carbocycles. The normalized spacial score (nSPS) is 21.9. The summed E-state index contributed by atoms with van der Waals surface area (Å²) in [6.07, 6.45) is 0.708. The first-order valence-corrected chi connectivity index (χ1v) is 7.03. The van der Waals surface area contributed by atoms with E-state index in [-0.39, 0.29) is 30.9 Å². The Labute approximate surface area is 118 Å². The minimum Gasteiger partial charge on any atom is -0.466 e. The zero-order valence-corrected chi connectivity index (χ0v) is 12.1. The highest BCUT2D eigenvalue weighted by Gasteiger charge is 2.29. The Kier molecular flexibility index (Phi) is 7.00. The molecular formula is C13H23N2O5+. The summed E-state index contributed by atoms with van der Waals surface area (Å²) >= 11 is 0. The molecule has 0 aromatic carbocycles. The van der Waals surface area contributed by atoms with E-state index in [0.717, 1.165) is 18.0 Å². The SMILES string of the molecule is CCOC(=O)NC(=O)C[NH+]1CCC(C(=O)OCC)CC1. The van der Waals surface area contributed by atoms with E-state index in [1.54, 1.807) is 13.8 Å². The first kappa shape index (κ1) is 16.4. The van der Waals surface area contributed by atoms with Gasteiger partial charge in [0.1, 0.15) is 0 Å². The van der Waals surface area contributed by atoms with Gasteiger partial charge >= 0.3 is 12.1 Å². The van der Waals surface area contributed by atoms with Crippen LogP contribution in [0.25, 0.3) is 0 Å². The van der Waals surface area contributed by atoms with Crippen LogP contribution in [0.1, 0.15) is 26.7 Å². The molecule has 1 heterocycles. The highest BCUT2D eigenvalue weighted by atomic mass is 16.5. The number of piperidine rings is 1. The summed E-state index contributed by atoms with van der Waals surface area (Å²) in [7, 11) is 0. The maximum atomic E-state index is 11.6. The number of quaternary nitrogens is 1. The molecule has 114 valence electrons. The molecule has 0 aromatic rings. The number of carbonyl (C=O) groups is 3. The van der Waals surface area contributed by atoms with E-state index in [4.69, 9.17) is 4.74 Å². The van der Waals surface area contributed by atoms with E-state index in [1.165, 1.54) is 0 Å². The average molecular weight is 287 g/mol. The lowest BCUT2D eigenvalue weighted by Gasteiger charge is -2.27. The second kappa shape index (κ2) is 8.52. The summed E-state index contributed by atoms with van der Waals surface area (Å²) in [5, 5.41) is 2.17. The number of likely N-dealkylation sites (tertiary alicyclic amines) is 1. The fourth-order valence-electron chi connectivity index (χ4n) is 2.25. The zero-order chi connectivity index (χ0) is 15.0. The minimum atomic E-state index is -0.710. The molecule has 1 saturated heterocycles. The summed E-state index contributed by atoms with van der Waals surface area (Å²) in [4.78, 5) is 35.3. The highest BCUT2D eigenvalue weighted by Crippen LogP contribution is 2.11. The van der Waals surface area contributed by atoms with Crippen molar-refractivity contribution < 1.29 is 28.8 Å². The summed E-state index contributed by atoms with van der Waals surface area (Å²) in [5.41, 5.74) is 0. The highest BCUT2D eigenvalue weighted by molar-refractivity contribution is 5.92. The van der Waals surface area contributed by atoms with Crippen molar-refractivity contribution in [2.75, 3.05) is 32.8 Å². The molecule has 0 spiro atoms. The molecule has 1 rings (SSSR count). The Bertz CT molecular complexity index is 351. The van der Waals surface area contributed by atoms with Crippen molar-refractivity contribution in [1.29, 1.82) is 0 Å². The molecule has 0 atom stereocenters. The monoisotopic (exact) mass is 287 g/mol. The molecular weight excluding hydrogens is 264 g/mol. The fourth-order valence-corrected chi connectivity index (χ4v) is 2.25. The lowest BCUT2D eigenvalue weighted by molar-refractivity contribution is -0.897. The van der Waals surface area contributed by atoms with Crippen molar-refractivity contribution in [3.05, 3.63) is 0 Å². The molecule has 1 aliphatic rings. The van der Waals surface area contributed by atoms with Gasteiger partial charge in [0, 0.05) is 12.8 Å². The molecule has 0 unspecified atom stereocenters. The molecule has 0 aromatic heterocycles. The topological polar surface area (TPSA) is 86.1 Å². The zero-order valence-electron chi connectivity index (χ0n) is 12.1. The lowest BCUT2D eigenvalue weighted by atomic mass is 9.97. The second-order valence-corrected chi connectivity index (χ2v) is 4.72. The maximum Gasteiger partial charge on any atom is 0.414 e. The maximum absolute atomic E-state index is 11.6. The van der Waals surface area contributed by atoms with E-state index in [1.807, 2.05) is 0 Å². The van der Waals surface area contributed by atoms with Crippen molar-refractivity contribution >= 4 is 18.0 Å². The van der Waals surface area contributed by atoms with Crippen LogP contribution >= 0.6 is 0 Å². The number of carbonyl (C=O) groups excluding carboxylic acids is 3. The number of alkyl carbamates (subject to hydrolysis) is 1. The van der Waals surface area contributed by atoms with Crippen LogP contribution in [0.15, 0.2) is 0 Å². The number of rotatable bonds is 5. The van der Waals surface area contributed by atoms with Gasteiger partial charge in [-0.05, 0) is 13.8 Å². The van der Waals surface area contributed by atoms with Gasteiger partial charge in [0.05, 0.1) is 32.2 Å². The third-order valence-corrected chi connectivity index (χ3v) is 3.24. The van der Waals surface area contributed by atoms with Gasteiger partial charge in [-0.3, -0.25) is 14.9 Å². The van der Waals surface area contributed by atoms with Crippen LogP contribution < -0.4 is 10.2 Å². The van der Waals surface area contributed by atoms with Crippen LogP contribution in [0.3, 0.4) is 0 Å². The Balaban J connectivity index is 2.26. The number of esters is 1. The molecule has 0 bridgehead atoms. The quantitative estimate of drug-likeness (QED) is 0.641. The summed E-state index contributed by atoms with van der Waals surface area (Å²) in [6.45, 7) is 5.76.